The topological polar surface area (TPSA) is 123 Å². The van der Waals surface area contributed by atoms with Crippen LogP contribution in [0.2, 0.25) is 0 Å². The van der Waals surface area contributed by atoms with Crippen LogP contribution in [0.3, 0.4) is 0 Å². The monoisotopic (exact) mass is 312 g/mol. The van der Waals surface area contributed by atoms with Crippen molar-refractivity contribution >= 4 is 16.0 Å². The van der Waals surface area contributed by atoms with E-state index in [2.05, 4.69) is 19.7 Å². The van der Waals surface area contributed by atoms with Gasteiger partial charge >= 0.3 is 0 Å². The number of H-pyrrole nitrogens is 1. The van der Waals surface area contributed by atoms with Crippen molar-refractivity contribution in [2.45, 2.75) is 4.90 Å². The molecule has 0 radical (unpaired) electrons. The minimum atomic E-state index is -4.12. The summed E-state index contributed by atoms with van der Waals surface area (Å²) in [7, 11) is -1.40. The second-order valence-corrected chi connectivity index (χ2v) is 5.41. The Morgan fingerprint density at radius 1 is 1.19 bits per heavy atom. The molecule has 21 heavy (non-hydrogen) atoms. The highest BCUT2D eigenvalue weighted by atomic mass is 32.2. The van der Waals surface area contributed by atoms with E-state index in [4.69, 9.17) is 9.47 Å². The maximum absolute atomic E-state index is 12.1. The van der Waals surface area contributed by atoms with Gasteiger partial charge in [-0.2, -0.15) is 9.97 Å². The molecule has 2 rings (SSSR count). The number of nitrogens with one attached hydrogen (secondary N) is 2. The summed E-state index contributed by atoms with van der Waals surface area (Å²) >= 11 is 0. The van der Waals surface area contributed by atoms with E-state index in [0.29, 0.717) is 0 Å². The number of ether oxygens (including phenoxy) is 2. The van der Waals surface area contributed by atoms with Gasteiger partial charge < -0.3 is 14.5 Å². The Bertz CT molecular complexity index is 780. The van der Waals surface area contributed by atoms with E-state index in [0.717, 1.165) is 12.3 Å². The van der Waals surface area contributed by atoms with Crippen molar-refractivity contribution in [1.29, 1.82) is 0 Å². The van der Waals surface area contributed by atoms with E-state index < -0.39 is 20.3 Å². The molecular weight excluding hydrogens is 300 g/mol. The van der Waals surface area contributed by atoms with E-state index in [1.807, 2.05) is 0 Å². The van der Waals surface area contributed by atoms with E-state index >= 15 is 0 Å². The lowest BCUT2D eigenvalue weighted by molar-refractivity contribution is 0.373. The number of methoxy groups -OCH3 is 2. The summed E-state index contributed by atoms with van der Waals surface area (Å²) in [4.78, 5) is 21.3. The summed E-state index contributed by atoms with van der Waals surface area (Å²) in [5.41, 5.74) is -0.656. The minimum Gasteiger partial charge on any atom is -0.481 e. The van der Waals surface area contributed by atoms with Gasteiger partial charge in [0, 0.05) is 18.5 Å². The van der Waals surface area contributed by atoms with Gasteiger partial charge in [0.25, 0.3) is 10.0 Å². The van der Waals surface area contributed by atoms with Crippen LogP contribution in [0.5, 0.6) is 11.8 Å². The fourth-order valence-corrected chi connectivity index (χ4v) is 2.44. The molecule has 0 aliphatic rings. The van der Waals surface area contributed by atoms with Crippen LogP contribution in [0.4, 0.5) is 5.95 Å². The van der Waals surface area contributed by atoms with Crippen LogP contribution in [0.25, 0.3) is 0 Å². The smallest absolute Gasteiger partial charge is 0.269 e. The Labute approximate surface area is 120 Å². The maximum atomic E-state index is 12.1. The van der Waals surface area contributed by atoms with Crippen LogP contribution < -0.4 is 19.6 Å². The molecule has 0 fully saturated rings. The first-order valence-electron chi connectivity index (χ1n) is 5.63. The van der Waals surface area contributed by atoms with E-state index in [1.165, 1.54) is 26.5 Å². The second kappa shape index (κ2) is 5.79. The van der Waals surface area contributed by atoms with Crippen LogP contribution >= 0.6 is 0 Å². The third-order valence-corrected chi connectivity index (χ3v) is 3.75. The van der Waals surface area contributed by atoms with Gasteiger partial charge in [-0.25, -0.2) is 13.1 Å². The van der Waals surface area contributed by atoms with Crippen molar-refractivity contribution in [2.24, 2.45) is 0 Å². The molecule has 2 aromatic heterocycles. The predicted octanol–water partition coefficient (Wildman–Crippen LogP) is -0.0171. The zero-order valence-electron chi connectivity index (χ0n) is 11.2. The molecule has 9 nitrogen and oxygen atoms in total. The van der Waals surface area contributed by atoms with Crippen LogP contribution in [-0.4, -0.2) is 37.6 Å². The molecule has 0 unspecified atom stereocenters. The summed E-state index contributed by atoms with van der Waals surface area (Å²) in [5, 5.41) is 0. The Morgan fingerprint density at radius 2 is 1.81 bits per heavy atom. The molecule has 0 aliphatic carbocycles. The molecule has 0 amide bonds. The zero-order valence-corrected chi connectivity index (χ0v) is 12.0. The molecule has 0 saturated heterocycles. The van der Waals surface area contributed by atoms with Crippen molar-refractivity contribution in [3.8, 4) is 11.8 Å². The van der Waals surface area contributed by atoms with Crippen molar-refractivity contribution < 1.29 is 17.9 Å². The summed E-state index contributed by atoms with van der Waals surface area (Å²) in [6.45, 7) is 0. The number of nitrogens with zero attached hydrogens (tertiary/aromatic N) is 2. The van der Waals surface area contributed by atoms with Gasteiger partial charge in [-0.1, -0.05) is 0 Å². The molecule has 0 spiro atoms. The van der Waals surface area contributed by atoms with Crippen LogP contribution in [0.1, 0.15) is 0 Å². The van der Waals surface area contributed by atoms with E-state index in [9.17, 15) is 13.2 Å². The number of hydrogen-bond acceptors (Lipinski definition) is 7. The lowest BCUT2D eigenvalue weighted by atomic mass is 10.5. The summed E-state index contributed by atoms with van der Waals surface area (Å²) < 4.78 is 36.2. The lowest BCUT2D eigenvalue weighted by Gasteiger charge is -2.08. The van der Waals surface area contributed by atoms with Gasteiger partial charge in [0.2, 0.25) is 23.1 Å². The largest absolute Gasteiger partial charge is 0.481 e. The molecular formula is C11H12N4O5S. The number of sulfonamides is 1. The van der Waals surface area contributed by atoms with Crippen molar-refractivity contribution in [1.82, 2.24) is 15.0 Å². The second-order valence-electron chi connectivity index (χ2n) is 3.75. The third-order valence-electron chi connectivity index (χ3n) is 2.40. The SMILES string of the molecule is COc1cc(OC)nc(NS(=O)(=O)c2c[nH]ccc2=O)n1. The fraction of sp³-hybridized carbons (Fsp3) is 0.182. The predicted molar refractivity (Wildman–Crippen MR) is 73.0 cm³/mol. The quantitative estimate of drug-likeness (QED) is 0.795. The van der Waals surface area contributed by atoms with E-state index in [1.54, 1.807) is 0 Å². The fourth-order valence-electron chi connectivity index (χ4n) is 1.44. The molecule has 0 aliphatic heterocycles. The molecule has 112 valence electrons. The number of anilines is 1. The molecule has 2 aromatic rings. The highest BCUT2D eigenvalue weighted by Gasteiger charge is 2.20. The van der Waals surface area contributed by atoms with Gasteiger partial charge in [-0.05, 0) is 0 Å². The molecule has 2 N–H and O–H groups in total. The Balaban J connectivity index is 2.42. The van der Waals surface area contributed by atoms with Crippen LogP contribution in [0, 0.1) is 0 Å². The number of hydrogen-bond donors (Lipinski definition) is 2. The van der Waals surface area contributed by atoms with Gasteiger partial charge in [0.05, 0.1) is 20.3 Å². The molecule has 0 bridgehead atoms. The lowest BCUT2D eigenvalue weighted by Crippen LogP contribution is -2.22. The van der Waals surface area contributed by atoms with Crippen molar-refractivity contribution in [3.63, 3.8) is 0 Å². The molecule has 0 saturated carbocycles. The number of aromatic amines is 1. The van der Waals surface area contributed by atoms with E-state index in [-0.39, 0.29) is 17.7 Å². The third kappa shape index (κ3) is 3.28. The van der Waals surface area contributed by atoms with Gasteiger partial charge in [0.1, 0.15) is 0 Å². The van der Waals surface area contributed by atoms with Crippen LogP contribution in [-0.2, 0) is 10.0 Å². The van der Waals surface area contributed by atoms with Crippen molar-refractivity contribution in [3.05, 3.63) is 34.7 Å². The molecule has 0 aromatic carbocycles. The Hall–Kier alpha value is -2.62. The van der Waals surface area contributed by atoms with Crippen LogP contribution in [0.15, 0.2) is 34.2 Å². The average molecular weight is 312 g/mol. The minimum absolute atomic E-state index is 0.113. The highest BCUT2D eigenvalue weighted by Crippen LogP contribution is 2.18. The first-order chi connectivity index (χ1) is 9.96. The zero-order chi connectivity index (χ0) is 15.5. The molecule has 2 heterocycles. The number of aromatic nitrogens is 3. The first kappa shape index (κ1) is 14.8. The number of pyridine rings is 1. The highest BCUT2D eigenvalue weighted by molar-refractivity contribution is 7.92. The van der Waals surface area contributed by atoms with Gasteiger partial charge in [-0.3, -0.25) is 4.79 Å². The standard InChI is InChI=1S/C11H12N4O5S/c1-19-9-5-10(20-2)14-11(13-9)15-21(17,18)8-6-12-4-3-7(8)16/h3-6H,1-2H3,(H,12,16)(H,13,14,15). The maximum Gasteiger partial charge on any atom is 0.269 e. The first-order valence-corrected chi connectivity index (χ1v) is 7.11. The van der Waals surface area contributed by atoms with Gasteiger partial charge in [-0.15, -0.1) is 0 Å². The molecule has 10 heteroatoms. The number of rotatable bonds is 5. The normalized spacial score (nSPS) is 11.0. The van der Waals surface area contributed by atoms with Crippen molar-refractivity contribution in [2.75, 3.05) is 18.9 Å². The summed E-state index contributed by atoms with van der Waals surface area (Å²) in [6, 6.07) is 2.48. The summed E-state index contributed by atoms with van der Waals surface area (Å²) in [6.07, 6.45) is 2.40. The Kier molecular flexibility index (Phi) is 4.08. The van der Waals surface area contributed by atoms with Gasteiger partial charge in [0.15, 0.2) is 4.90 Å². The summed E-state index contributed by atoms with van der Waals surface area (Å²) in [5.74, 6) is -0.0440. The average Bonchev–Trinajstić information content (AvgIpc) is 2.46. The molecule has 0 atom stereocenters. The Morgan fingerprint density at radius 3 is 2.33 bits per heavy atom.